The molecule has 2 aromatic carbocycles. The van der Waals surface area contributed by atoms with E-state index in [9.17, 15) is 9.90 Å². The molecule has 2 N–H and O–H groups in total. The zero-order valence-electron chi connectivity index (χ0n) is 16.4. The molecular weight excluding hydrogens is 370 g/mol. The highest BCUT2D eigenvalue weighted by Crippen LogP contribution is 2.24. The summed E-state index contributed by atoms with van der Waals surface area (Å²) in [6, 6.07) is 14.2. The number of amides is 1. The van der Waals surface area contributed by atoms with Gasteiger partial charge in [0.25, 0.3) is 0 Å². The summed E-state index contributed by atoms with van der Waals surface area (Å²) >= 11 is 1.37. The van der Waals surface area contributed by atoms with Crippen LogP contribution in [0.4, 0.5) is 5.69 Å². The second kappa shape index (κ2) is 9.08. The number of aliphatic hydroxyl groups excluding tert-OH is 1. The largest absolute Gasteiger partial charge is 0.390 e. The van der Waals surface area contributed by atoms with E-state index in [0.717, 1.165) is 27.5 Å². The number of carbonyl (C=O) groups is 1. The molecule has 0 fully saturated rings. The molecule has 146 valence electrons. The van der Waals surface area contributed by atoms with Gasteiger partial charge in [-0.05, 0) is 37.5 Å². The average Bonchev–Trinajstić information content (AvgIpc) is 3.05. The molecule has 3 rings (SSSR count). The van der Waals surface area contributed by atoms with Crippen molar-refractivity contribution < 1.29 is 9.90 Å². The lowest BCUT2D eigenvalue weighted by atomic mass is 10.1. The SMILES string of the molecule is Cc1cc(C)c(NC(=O)CSc2nc(CO)cn2Cc2ccccc2)c(C)c1. The summed E-state index contributed by atoms with van der Waals surface area (Å²) in [4.78, 5) is 16.9. The van der Waals surface area contributed by atoms with E-state index in [0.29, 0.717) is 12.2 Å². The molecule has 1 aromatic heterocycles. The van der Waals surface area contributed by atoms with Crippen molar-refractivity contribution in [2.45, 2.75) is 39.1 Å². The number of imidazole rings is 1. The first-order valence-electron chi connectivity index (χ1n) is 9.17. The van der Waals surface area contributed by atoms with Gasteiger partial charge in [-0.2, -0.15) is 0 Å². The zero-order valence-corrected chi connectivity index (χ0v) is 17.2. The molecule has 0 aliphatic heterocycles. The first-order chi connectivity index (χ1) is 13.5. The van der Waals surface area contributed by atoms with E-state index in [2.05, 4.69) is 22.4 Å². The van der Waals surface area contributed by atoms with Gasteiger partial charge in [0.15, 0.2) is 5.16 Å². The monoisotopic (exact) mass is 395 g/mol. The number of anilines is 1. The highest BCUT2D eigenvalue weighted by Gasteiger charge is 2.13. The normalized spacial score (nSPS) is 10.9. The van der Waals surface area contributed by atoms with E-state index in [1.54, 1.807) is 0 Å². The van der Waals surface area contributed by atoms with Crippen LogP contribution >= 0.6 is 11.8 Å². The minimum atomic E-state index is -0.122. The fourth-order valence-electron chi connectivity index (χ4n) is 3.22. The lowest BCUT2D eigenvalue weighted by molar-refractivity contribution is -0.113. The maximum Gasteiger partial charge on any atom is 0.234 e. The summed E-state index contributed by atoms with van der Waals surface area (Å²) < 4.78 is 1.97. The van der Waals surface area contributed by atoms with E-state index in [1.807, 2.05) is 61.9 Å². The highest BCUT2D eigenvalue weighted by atomic mass is 32.2. The van der Waals surface area contributed by atoms with Crippen molar-refractivity contribution >= 4 is 23.4 Å². The highest BCUT2D eigenvalue weighted by molar-refractivity contribution is 7.99. The number of hydrogen-bond acceptors (Lipinski definition) is 4. The van der Waals surface area contributed by atoms with E-state index in [1.165, 1.54) is 17.3 Å². The Morgan fingerprint density at radius 3 is 2.46 bits per heavy atom. The van der Waals surface area contributed by atoms with Gasteiger partial charge in [0.2, 0.25) is 5.91 Å². The number of carbonyl (C=O) groups excluding carboxylic acids is 1. The van der Waals surface area contributed by atoms with Crippen molar-refractivity contribution in [2.75, 3.05) is 11.1 Å². The molecule has 0 aliphatic carbocycles. The molecule has 28 heavy (non-hydrogen) atoms. The maximum absolute atomic E-state index is 12.5. The van der Waals surface area contributed by atoms with Gasteiger partial charge in [0, 0.05) is 18.4 Å². The Balaban J connectivity index is 1.68. The molecule has 1 heterocycles. The summed E-state index contributed by atoms with van der Waals surface area (Å²) in [6.45, 7) is 6.58. The van der Waals surface area contributed by atoms with Crippen molar-refractivity contribution in [1.29, 1.82) is 0 Å². The van der Waals surface area contributed by atoms with Gasteiger partial charge in [0.1, 0.15) is 0 Å². The smallest absolute Gasteiger partial charge is 0.234 e. The van der Waals surface area contributed by atoms with E-state index in [-0.39, 0.29) is 18.3 Å². The summed E-state index contributed by atoms with van der Waals surface area (Å²) in [5.74, 6) is 0.184. The second-order valence-corrected chi connectivity index (χ2v) is 7.84. The quantitative estimate of drug-likeness (QED) is 0.592. The van der Waals surface area contributed by atoms with Crippen LogP contribution in [-0.4, -0.2) is 26.3 Å². The predicted octanol–water partition coefficient (Wildman–Crippen LogP) is 4.08. The average molecular weight is 396 g/mol. The molecule has 0 aliphatic rings. The maximum atomic E-state index is 12.5. The molecule has 0 saturated heterocycles. The Morgan fingerprint density at radius 1 is 1.14 bits per heavy atom. The Morgan fingerprint density at radius 2 is 1.82 bits per heavy atom. The van der Waals surface area contributed by atoms with Crippen LogP contribution in [0.3, 0.4) is 0 Å². The molecule has 1 amide bonds. The van der Waals surface area contributed by atoms with E-state index >= 15 is 0 Å². The Hall–Kier alpha value is -2.57. The number of aliphatic hydroxyl groups is 1. The summed E-state index contributed by atoms with van der Waals surface area (Å²) in [5.41, 5.74) is 5.92. The molecule has 5 nitrogen and oxygen atoms in total. The number of thioether (sulfide) groups is 1. The minimum absolute atomic E-state index is 0.0696. The molecule has 0 spiro atoms. The van der Waals surface area contributed by atoms with Gasteiger partial charge in [0.05, 0.1) is 18.1 Å². The number of aryl methyl sites for hydroxylation is 3. The van der Waals surface area contributed by atoms with E-state index < -0.39 is 0 Å². The van der Waals surface area contributed by atoms with Gasteiger partial charge in [-0.15, -0.1) is 0 Å². The van der Waals surface area contributed by atoms with Crippen molar-refractivity contribution in [3.05, 3.63) is 76.6 Å². The second-order valence-electron chi connectivity index (χ2n) is 6.90. The van der Waals surface area contributed by atoms with Crippen LogP contribution in [-0.2, 0) is 17.9 Å². The minimum Gasteiger partial charge on any atom is -0.390 e. The standard InChI is InChI=1S/C22H25N3O2S/c1-15-9-16(2)21(17(3)10-15)24-20(27)14-28-22-23-19(13-26)12-25(22)11-18-7-5-4-6-8-18/h4-10,12,26H,11,13-14H2,1-3H3,(H,24,27). The lowest BCUT2D eigenvalue weighted by Crippen LogP contribution is -2.16. The first kappa shape index (κ1) is 20.2. The van der Waals surface area contributed by atoms with E-state index in [4.69, 9.17) is 0 Å². The predicted molar refractivity (Wildman–Crippen MR) is 114 cm³/mol. The Bertz CT molecular complexity index is 944. The number of nitrogens with zero attached hydrogens (tertiary/aromatic N) is 2. The van der Waals surface area contributed by atoms with Gasteiger partial charge in [-0.25, -0.2) is 4.98 Å². The number of aromatic nitrogens is 2. The van der Waals surface area contributed by atoms with Crippen LogP contribution in [0.25, 0.3) is 0 Å². The van der Waals surface area contributed by atoms with Gasteiger partial charge >= 0.3 is 0 Å². The Kier molecular flexibility index (Phi) is 6.54. The fourth-order valence-corrected chi connectivity index (χ4v) is 4.02. The third-order valence-electron chi connectivity index (χ3n) is 4.42. The number of benzene rings is 2. The third kappa shape index (κ3) is 5.03. The van der Waals surface area contributed by atoms with Crippen LogP contribution in [0.15, 0.2) is 53.8 Å². The zero-order chi connectivity index (χ0) is 20.1. The van der Waals surface area contributed by atoms with Crippen LogP contribution in [0, 0.1) is 20.8 Å². The fraction of sp³-hybridized carbons (Fsp3) is 0.273. The topological polar surface area (TPSA) is 67.2 Å². The van der Waals surface area contributed by atoms with Crippen molar-refractivity contribution in [2.24, 2.45) is 0 Å². The number of nitrogens with one attached hydrogen (secondary N) is 1. The molecule has 0 radical (unpaired) electrons. The number of hydrogen-bond donors (Lipinski definition) is 2. The van der Waals surface area contributed by atoms with Crippen LogP contribution in [0.1, 0.15) is 27.9 Å². The molecule has 0 unspecified atom stereocenters. The molecule has 3 aromatic rings. The Labute approximate surface area is 169 Å². The van der Waals surface area contributed by atoms with Crippen LogP contribution < -0.4 is 5.32 Å². The molecule has 6 heteroatoms. The van der Waals surface area contributed by atoms with Crippen molar-refractivity contribution in [1.82, 2.24) is 9.55 Å². The molecule has 0 saturated carbocycles. The molecule has 0 bridgehead atoms. The first-order valence-corrected chi connectivity index (χ1v) is 10.2. The molecular formula is C22H25N3O2S. The summed E-state index contributed by atoms with van der Waals surface area (Å²) in [5, 5.41) is 13.2. The van der Waals surface area contributed by atoms with Crippen molar-refractivity contribution in [3.63, 3.8) is 0 Å². The van der Waals surface area contributed by atoms with Crippen LogP contribution in [0.5, 0.6) is 0 Å². The summed E-state index contributed by atoms with van der Waals surface area (Å²) in [7, 11) is 0. The van der Waals surface area contributed by atoms with Gasteiger partial charge < -0.3 is 15.0 Å². The van der Waals surface area contributed by atoms with Crippen LogP contribution in [0.2, 0.25) is 0 Å². The number of rotatable bonds is 7. The summed E-state index contributed by atoms with van der Waals surface area (Å²) in [6.07, 6.45) is 1.83. The third-order valence-corrected chi connectivity index (χ3v) is 5.41. The molecule has 0 atom stereocenters. The van der Waals surface area contributed by atoms with Gasteiger partial charge in [-0.3, -0.25) is 4.79 Å². The lowest BCUT2D eigenvalue weighted by Gasteiger charge is -2.13. The van der Waals surface area contributed by atoms with Crippen molar-refractivity contribution in [3.8, 4) is 0 Å². The van der Waals surface area contributed by atoms with Gasteiger partial charge in [-0.1, -0.05) is 59.8 Å².